The molecule has 0 spiro atoms. The van der Waals surface area contributed by atoms with Crippen LogP contribution in [0, 0.1) is 0 Å². The number of piperidine rings is 1. The summed E-state index contributed by atoms with van der Waals surface area (Å²) in [6.45, 7) is 6.78. The predicted octanol–water partition coefficient (Wildman–Crippen LogP) is 1.82. The van der Waals surface area contributed by atoms with Gasteiger partial charge in [0, 0.05) is 0 Å². The maximum absolute atomic E-state index is 11.0. The van der Waals surface area contributed by atoms with Crippen molar-refractivity contribution in [1.29, 1.82) is 0 Å². The minimum atomic E-state index is -0.0839. The molecule has 0 radical (unpaired) electrons. The van der Waals surface area contributed by atoms with E-state index in [0.717, 1.165) is 17.6 Å². The molecule has 84 valence electrons. The summed E-state index contributed by atoms with van der Waals surface area (Å²) in [6.07, 6.45) is 3.80. The molecule has 0 aromatic carbocycles. The van der Waals surface area contributed by atoms with E-state index < -0.39 is 0 Å². The van der Waals surface area contributed by atoms with E-state index in [4.69, 9.17) is 0 Å². The molecule has 3 nitrogen and oxygen atoms in total. The van der Waals surface area contributed by atoms with Gasteiger partial charge in [0.2, 0.25) is 0 Å². The molecule has 1 aliphatic heterocycles. The third kappa shape index (κ3) is 4.61. The predicted molar refractivity (Wildman–Crippen MR) is 58.0 cm³/mol. The van der Waals surface area contributed by atoms with Gasteiger partial charge in [-0.1, -0.05) is 13.8 Å². The van der Waals surface area contributed by atoms with Crippen molar-refractivity contribution >= 4 is 5.97 Å². The Hall–Kier alpha value is -0.570. The van der Waals surface area contributed by atoms with E-state index in [1.165, 1.54) is 26.4 Å². The highest BCUT2D eigenvalue weighted by molar-refractivity contribution is 5.70. The Morgan fingerprint density at radius 2 is 1.71 bits per heavy atom. The quantitative estimate of drug-likeness (QED) is 0.504. The Morgan fingerprint density at radius 3 is 2.14 bits per heavy atom. The molecule has 0 aromatic rings. The molecular weight excluding hydrogens is 178 g/mol. The van der Waals surface area contributed by atoms with Gasteiger partial charge in [0.05, 0.1) is 27.2 Å². The van der Waals surface area contributed by atoms with Gasteiger partial charge in [-0.05, 0) is 19.3 Å². The van der Waals surface area contributed by atoms with E-state index in [9.17, 15) is 4.79 Å². The number of carbonyl (C=O) groups is 1. The SMILES string of the molecule is CC.COC(=O)C[N+]1(C)CCCCC1. The first kappa shape index (κ1) is 13.4. The van der Waals surface area contributed by atoms with E-state index in [2.05, 4.69) is 11.8 Å². The van der Waals surface area contributed by atoms with Gasteiger partial charge in [0.1, 0.15) is 0 Å². The molecular formula is C11H24NO2+. The standard InChI is InChI=1S/C9H18NO2.C2H6/c1-10(8-9(11)12-2)6-4-3-5-7-10;1-2/h3-8H2,1-2H3;1-2H3/q+1;. The molecule has 14 heavy (non-hydrogen) atoms. The molecule has 0 unspecified atom stereocenters. The molecule has 1 saturated heterocycles. The molecule has 0 aromatic heterocycles. The monoisotopic (exact) mass is 202 g/mol. The molecule has 0 atom stereocenters. The van der Waals surface area contributed by atoms with Crippen LogP contribution >= 0.6 is 0 Å². The highest BCUT2D eigenvalue weighted by atomic mass is 16.5. The Kier molecular flexibility index (Phi) is 6.54. The highest BCUT2D eigenvalue weighted by Gasteiger charge is 2.27. The Morgan fingerprint density at radius 1 is 1.21 bits per heavy atom. The van der Waals surface area contributed by atoms with E-state index in [0.29, 0.717) is 6.54 Å². The van der Waals surface area contributed by atoms with Crippen LogP contribution in [0.2, 0.25) is 0 Å². The van der Waals surface area contributed by atoms with Gasteiger partial charge in [-0.3, -0.25) is 0 Å². The number of methoxy groups -OCH3 is 1. The zero-order valence-electron chi connectivity index (χ0n) is 10.0. The summed E-state index contributed by atoms with van der Waals surface area (Å²) < 4.78 is 5.53. The van der Waals surface area contributed by atoms with Gasteiger partial charge >= 0.3 is 5.97 Å². The van der Waals surface area contributed by atoms with Gasteiger partial charge < -0.3 is 9.22 Å². The lowest BCUT2D eigenvalue weighted by atomic mass is 10.1. The lowest BCUT2D eigenvalue weighted by Crippen LogP contribution is -2.51. The first-order valence-electron chi connectivity index (χ1n) is 5.57. The van der Waals surface area contributed by atoms with Crippen molar-refractivity contribution < 1.29 is 14.0 Å². The molecule has 1 heterocycles. The number of ether oxygens (including phenoxy) is 1. The van der Waals surface area contributed by atoms with Gasteiger partial charge in [-0.2, -0.15) is 0 Å². The number of likely N-dealkylation sites (tertiary alicyclic amines) is 1. The number of nitrogens with zero attached hydrogens (tertiary/aromatic N) is 1. The minimum Gasteiger partial charge on any atom is -0.465 e. The van der Waals surface area contributed by atoms with Crippen LogP contribution in [0.3, 0.4) is 0 Å². The fourth-order valence-electron chi connectivity index (χ4n) is 1.81. The molecule has 0 bridgehead atoms. The second-order valence-electron chi connectivity index (χ2n) is 3.86. The van der Waals surface area contributed by atoms with E-state index in [1.807, 2.05) is 13.8 Å². The molecule has 0 amide bonds. The minimum absolute atomic E-state index is 0.0839. The number of hydrogen-bond donors (Lipinski definition) is 0. The van der Waals surface area contributed by atoms with Crippen LogP contribution in [-0.4, -0.2) is 44.2 Å². The maximum Gasteiger partial charge on any atom is 0.361 e. The zero-order valence-corrected chi connectivity index (χ0v) is 10.0. The summed E-state index contributed by atoms with van der Waals surface area (Å²) in [5, 5.41) is 0. The Bertz CT molecular complexity index is 163. The number of esters is 1. The van der Waals surface area contributed by atoms with Crippen molar-refractivity contribution in [2.24, 2.45) is 0 Å². The Labute approximate surface area is 87.6 Å². The fourth-order valence-corrected chi connectivity index (χ4v) is 1.81. The van der Waals surface area contributed by atoms with Crippen molar-refractivity contribution in [1.82, 2.24) is 0 Å². The van der Waals surface area contributed by atoms with E-state index >= 15 is 0 Å². The molecule has 1 rings (SSSR count). The summed E-state index contributed by atoms with van der Waals surface area (Å²) in [4.78, 5) is 11.0. The molecule has 3 heteroatoms. The largest absolute Gasteiger partial charge is 0.465 e. The number of likely N-dealkylation sites (N-methyl/N-ethyl adjacent to an activating group) is 1. The average Bonchev–Trinajstić information content (AvgIpc) is 2.21. The third-order valence-electron chi connectivity index (χ3n) is 2.63. The number of quaternary nitrogens is 1. The first-order chi connectivity index (χ1) is 6.66. The second-order valence-corrected chi connectivity index (χ2v) is 3.86. The Balaban J connectivity index is 0.000000791. The first-order valence-corrected chi connectivity index (χ1v) is 5.57. The van der Waals surface area contributed by atoms with Crippen molar-refractivity contribution in [3.8, 4) is 0 Å². The zero-order chi connectivity index (χ0) is 11.0. The van der Waals surface area contributed by atoms with E-state index in [1.54, 1.807) is 0 Å². The van der Waals surface area contributed by atoms with Crippen LogP contribution in [0.1, 0.15) is 33.1 Å². The van der Waals surface area contributed by atoms with Crippen LogP contribution in [-0.2, 0) is 9.53 Å². The van der Waals surface area contributed by atoms with Crippen molar-refractivity contribution in [2.45, 2.75) is 33.1 Å². The van der Waals surface area contributed by atoms with Gasteiger partial charge in [-0.25, -0.2) is 4.79 Å². The molecule has 0 N–H and O–H groups in total. The number of carbonyl (C=O) groups excluding carboxylic acids is 1. The molecule has 0 saturated carbocycles. The van der Waals surface area contributed by atoms with Gasteiger partial charge in [0.15, 0.2) is 6.54 Å². The third-order valence-corrected chi connectivity index (χ3v) is 2.63. The smallest absolute Gasteiger partial charge is 0.361 e. The number of hydrogen-bond acceptors (Lipinski definition) is 2. The summed E-state index contributed by atoms with van der Waals surface area (Å²) in [5.41, 5.74) is 0. The van der Waals surface area contributed by atoms with Crippen molar-refractivity contribution in [2.75, 3.05) is 33.8 Å². The maximum atomic E-state index is 11.0. The van der Waals surface area contributed by atoms with Crippen molar-refractivity contribution in [3.63, 3.8) is 0 Å². The fraction of sp³-hybridized carbons (Fsp3) is 0.909. The average molecular weight is 202 g/mol. The summed E-state index contributed by atoms with van der Waals surface area (Å²) in [7, 11) is 3.59. The highest BCUT2D eigenvalue weighted by Crippen LogP contribution is 2.15. The normalized spacial score (nSPS) is 19.1. The lowest BCUT2D eigenvalue weighted by molar-refractivity contribution is -0.907. The van der Waals surface area contributed by atoms with Crippen molar-refractivity contribution in [3.05, 3.63) is 0 Å². The van der Waals surface area contributed by atoms with Gasteiger partial charge in [0.25, 0.3) is 0 Å². The summed E-state index contributed by atoms with van der Waals surface area (Å²) >= 11 is 0. The van der Waals surface area contributed by atoms with Crippen LogP contribution in [0.4, 0.5) is 0 Å². The summed E-state index contributed by atoms with van der Waals surface area (Å²) in [6, 6.07) is 0. The van der Waals surface area contributed by atoms with E-state index in [-0.39, 0.29) is 5.97 Å². The van der Waals surface area contributed by atoms with Crippen LogP contribution in [0.15, 0.2) is 0 Å². The van der Waals surface area contributed by atoms with Crippen LogP contribution in [0.5, 0.6) is 0 Å². The number of rotatable bonds is 2. The second kappa shape index (κ2) is 6.82. The molecule has 1 aliphatic rings. The topological polar surface area (TPSA) is 26.3 Å². The lowest BCUT2D eigenvalue weighted by Gasteiger charge is -2.36. The molecule has 1 fully saturated rings. The summed E-state index contributed by atoms with van der Waals surface area (Å²) in [5.74, 6) is -0.0839. The van der Waals surface area contributed by atoms with Crippen LogP contribution < -0.4 is 0 Å². The van der Waals surface area contributed by atoms with Gasteiger partial charge in [-0.15, -0.1) is 0 Å². The molecule has 0 aliphatic carbocycles. The van der Waals surface area contributed by atoms with Crippen LogP contribution in [0.25, 0.3) is 0 Å².